The number of ether oxygens (including phenoxy) is 1. The third-order valence-electron chi connectivity index (χ3n) is 5.90. The zero-order chi connectivity index (χ0) is 21.5. The maximum absolute atomic E-state index is 5.47. The zero-order valence-corrected chi connectivity index (χ0v) is 17.7. The van der Waals surface area contributed by atoms with E-state index in [1.165, 1.54) is 5.56 Å². The van der Waals surface area contributed by atoms with Gasteiger partial charge in [-0.25, -0.2) is 9.98 Å². The first-order valence-electron chi connectivity index (χ1n) is 10.6. The average molecular weight is 425 g/mol. The summed E-state index contributed by atoms with van der Waals surface area (Å²) in [6.07, 6.45) is 3.57. The van der Waals surface area contributed by atoms with Gasteiger partial charge in [-0.05, 0) is 41.5 Å². The average Bonchev–Trinajstić information content (AvgIpc) is 3.24. The third kappa shape index (κ3) is 3.16. The molecule has 0 saturated carbocycles. The van der Waals surface area contributed by atoms with E-state index in [4.69, 9.17) is 14.7 Å². The van der Waals surface area contributed by atoms with Gasteiger partial charge in [0.2, 0.25) is 11.9 Å². The summed E-state index contributed by atoms with van der Waals surface area (Å²) in [6.45, 7) is 2.08. The van der Waals surface area contributed by atoms with Crippen LogP contribution in [0.2, 0.25) is 0 Å². The van der Waals surface area contributed by atoms with Crippen LogP contribution >= 0.6 is 0 Å². The molecule has 2 aliphatic heterocycles. The van der Waals surface area contributed by atoms with E-state index in [9.17, 15) is 0 Å². The number of aliphatic imine (C=N–C) groups is 1. The molecule has 2 aromatic heterocycles. The van der Waals surface area contributed by atoms with E-state index in [0.29, 0.717) is 13.3 Å². The number of nitrogens with zero attached hydrogens (tertiary/aromatic N) is 6. The van der Waals surface area contributed by atoms with Gasteiger partial charge < -0.3 is 10.1 Å². The fraction of sp³-hybridized carbons (Fsp3) is 0.208. The normalized spacial score (nSPS) is 18.0. The number of imidazole rings is 1. The number of rotatable bonds is 4. The lowest BCUT2D eigenvalue weighted by Gasteiger charge is -2.41. The molecule has 8 heteroatoms. The van der Waals surface area contributed by atoms with E-state index >= 15 is 0 Å². The maximum atomic E-state index is 5.47. The number of pyridine rings is 1. The fourth-order valence-electron chi connectivity index (χ4n) is 4.40. The van der Waals surface area contributed by atoms with Crippen molar-refractivity contribution < 1.29 is 4.74 Å². The van der Waals surface area contributed by atoms with E-state index < -0.39 is 0 Å². The predicted octanol–water partition coefficient (Wildman–Crippen LogP) is 3.18. The summed E-state index contributed by atoms with van der Waals surface area (Å²) >= 11 is 0. The summed E-state index contributed by atoms with van der Waals surface area (Å²) in [5, 5.41) is 3.65. The second-order valence-electron chi connectivity index (χ2n) is 7.98. The molecule has 2 aliphatic rings. The van der Waals surface area contributed by atoms with Crippen LogP contribution in [0.3, 0.4) is 0 Å². The summed E-state index contributed by atoms with van der Waals surface area (Å²) < 4.78 is 7.72. The lowest BCUT2D eigenvalue weighted by molar-refractivity contribution is 0.263. The Morgan fingerprint density at radius 2 is 2.03 bits per heavy atom. The fourth-order valence-corrected chi connectivity index (χ4v) is 4.40. The Hall–Kier alpha value is -3.91. The first kappa shape index (κ1) is 18.8. The van der Waals surface area contributed by atoms with Gasteiger partial charge in [-0.15, -0.1) is 0 Å². The molecule has 8 nitrogen and oxygen atoms in total. The van der Waals surface area contributed by atoms with Crippen LogP contribution in [0.5, 0.6) is 5.75 Å². The predicted molar refractivity (Wildman–Crippen MR) is 123 cm³/mol. The minimum Gasteiger partial charge on any atom is -0.497 e. The molecule has 0 saturated heterocycles. The molecule has 0 bridgehead atoms. The molecule has 6 rings (SSSR count). The Kier molecular flexibility index (Phi) is 4.50. The van der Waals surface area contributed by atoms with Gasteiger partial charge in [-0.1, -0.05) is 30.3 Å². The number of anilines is 1. The first-order chi connectivity index (χ1) is 15.8. The molecule has 0 fully saturated rings. The molecule has 1 N–H and O–H groups in total. The topological polar surface area (TPSA) is 70.8 Å². The number of benzene rings is 2. The first-order valence-corrected chi connectivity index (χ1v) is 10.6. The minimum atomic E-state index is -0.132. The number of methoxy groups -OCH3 is 1. The quantitative estimate of drug-likeness (QED) is 0.542. The van der Waals surface area contributed by atoms with E-state index in [2.05, 4.69) is 61.1 Å². The van der Waals surface area contributed by atoms with E-state index in [-0.39, 0.29) is 6.17 Å². The van der Waals surface area contributed by atoms with Gasteiger partial charge in [0.05, 0.1) is 31.5 Å². The molecule has 4 aromatic rings. The van der Waals surface area contributed by atoms with E-state index in [0.717, 1.165) is 40.8 Å². The van der Waals surface area contributed by atoms with Gasteiger partial charge in [-0.2, -0.15) is 0 Å². The van der Waals surface area contributed by atoms with Crippen molar-refractivity contribution in [1.82, 2.24) is 24.8 Å². The van der Waals surface area contributed by atoms with Crippen molar-refractivity contribution in [3.05, 3.63) is 84.2 Å². The van der Waals surface area contributed by atoms with Gasteiger partial charge >= 0.3 is 0 Å². The highest BCUT2D eigenvalue weighted by atomic mass is 16.5. The van der Waals surface area contributed by atoms with Crippen LogP contribution in [0, 0.1) is 0 Å². The molecule has 4 heterocycles. The number of hydrogen-bond acceptors (Lipinski definition) is 7. The van der Waals surface area contributed by atoms with Crippen LogP contribution in [0.4, 0.5) is 5.95 Å². The number of fused-ring (bicyclic) bond motifs is 5. The van der Waals surface area contributed by atoms with Crippen LogP contribution in [0.1, 0.15) is 17.3 Å². The number of guanidine groups is 1. The summed E-state index contributed by atoms with van der Waals surface area (Å²) in [5.41, 5.74) is 4.29. The number of aromatic nitrogens is 3. The van der Waals surface area contributed by atoms with Gasteiger partial charge in [-0.3, -0.25) is 19.4 Å². The highest BCUT2D eigenvalue weighted by Crippen LogP contribution is 2.34. The van der Waals surface area contributed by atoms with Gasteiger partial charge in [0.1, 0.15) is 11.9 Å². The van der Waals surface area contributed by atoms with Crippen LogP contribution < -0.4 is 15.0 Å². The second-order valence-corrected chi connectivity index (χ2v) is 7.98. The number of hydrogen-bond donors (Lipinski definition) is 1. The van der Waals surface area contributed by atoms with Crippen LogP contribution in [-0.4, -0.2) is 45.8 Å². The number of nitrogens with one attached hydrogen (secondary N) is 1. The molecule has 0 aliphatic carbocycles. The second kappa shape index (κ2) is 7.65. The van der Waals surface area contributed by atoms with Crippen molar-refractivity contribution in [2.45, 2.75) is 12.7 Å². The molecular formula is C24H23N7O. The summed E-state index contributed by atoms with van der Waals surface area (Å²) in [4.78, 5) is 18.5. The lowest BCUT2D eigenvalue weighted by Crippen LogP contribution is -2.57. The van der Waals surface area contributed by atoms with Crippen LogP contribution in [0.15, 0.2) is 78.0 Å². The zero-order valence-electron chi connectivity index (χ0n) is 17.7. The largest absolute Gasteiger partial charge is 0.497 e. The Balaban J connectivity index is 1.42. The monoisotopic (exact) mass is 425 g/mol. The van der Waals surface area contributed by atoms with Crippen LogP contribution in [-0.2, 0) is 6.54 Å². The van der Waals surface area contributed by atoms with Crippen molar-refractivity contribution in [3.63, 3.8) is 0 Å². The molecule has 2 aromatic carbocycles. The third-order valence-corrected chi connectivity index (χ3v) is 5.90. The van der Waals surface area contributed by atoms with Crippen molar-refractivity contribution >= 4 is 22.9 Å². The van der Waals surface area contributed by atoms with E-state index in [1.54, 1.807) is 13.3 Å². The van der Waals surface area contributed by atoms with Crippen molar-refractivity contribution in [2.24, 2.45) is 4.99 Å². The summed E-state index contributed by atoms with van der Waals surface area (Å²) in [5.74, 6) is 2.54. The Morgan fingerprint density at radius 3 is 2.91 bits per heavy atom. The molecule has 0 amide bonds. The van der Waals surface area contributed by atoms with Crippen molar-refractivity contribution in [3.8, 4) is 5.75 Å². The Labute approximate surface area is 185 Å². The highest BCUT2D eigenvalue weighted by molar-refractivity contribution is 5.98. The van der Waals surface area contributed by atoms with Gasteiger partial charge in [0.25, 0.3) is 0 Å². The lowest BCUT2D eigenvalue weighted by atomic mass is 10.1. The molecule has 0 radical (unpaired) electrons. The molecule has 160 valence electrons. The Bertz CT molecular complexity index is 1300. The minimum absolute atomic E-state index is 0.132. The summed E-state index contributed by atoms with van der Waals surface area (Å²) in [6, 6.07) is 20.4. The molecule has 0 spiro atoms. The maximum Gasteiger partial charge on any atom is 0.216 e. The Morgan fingerprint density at radius 1 is 1.09 bits per heavy atom. The van der Waals surface area contributed by atoms with Crippen molar-refractivity contribution in [1.29, 1.82) is 0 Å². The highest BCUT2D eigenvalue weighted by Gasteiger charge is 2.35. The smallest absolute Gasteiger partial charge is 0.216 e. The molecule has 32 heavy (non-hydrogen) atoms. The van der Waals surface area contributed by atoms with Gasteiger partial charge in [0.15, 0.2) is 0 Å². The standard InChI is InChI=1S/C24H23N7O/c1-32-19-8-4-7-18(12-19)22-28-23-26-15-29(14-17-6-5-11-25-13-17)16-30(23)24-27-20-9-2-3-10-21(20)31(22)24/h2-13,22H,14-16H2,1H3,(H,26,28). The molecule has 1 unspecified atom stereocenters. The van der Waals surface area contributed by atoms with Crippen LogP contribution in [0.25, 0.3) is 11.0 Å². The van der Waals surface area contributed by atoms with Crippen molar-refractivity contribution in [2.75, 3.05) is 25.3 Å². The summed E-state index contributed by atoms with van der Waals surface area (Å²) in [7, 11) is 1.69. The SMILES string of the molecule is COc1cccc(C2NC3=NCN(Cc4cccnc4)CN3c3nc4ccccc4n32)c1. The molecule has 1 atom stereocenters. The number of para-hydroxylation sites is 2. The van der Waals surface area contributed by atoms with Gasteiger partial charge in [0, 0.05) is 18.9 Å². The van der Waals surface area contributed by atoms with E-state index in [1.807, 2.05) is 30.5 Å². The molecular weight excluding hydrogens is 402 g/mol.